The molecule has 0 saturated carbocycles. The molecule has 1 amide bonds. The number of ether oxygens (including phenoxy) is 4. The average molecular weight is 560 g/mol. The van der Waals surface area contributed by atoms with Crippen LogP contribution in [0.1, 0.15) is 36.2 Å². The van der Waals surface area contributed by atoms with Crippen molar-refractivity contribution >= 4 is 28.9 Å². The summed E-state index contributed by atoms with van der Waals surface area (Å²) < 4.78 is 21.1. The number of fused-ring (bicyclic) bond motifs is 3. The monoisotopic (exact) mass is 559 g/mol. The Balaban J connectivity index is 0.000000983. The van der Waals surface area contributed by atoms with E-state index in [0.29, 0.717) is 31.4 Å². The second-order valence-electron chi connectivity index (χ2n) is 9.38. The van der Waals surface area contributed by atoms with Gasteiger partial charge in [-0.1, -0.05) is 23.7 Å². The predicted octanol–water partition coefficient (Wildman–Crippen LogP) is 4.94. The van der Waals surface area contributed by atoms with Gasteiger partial charge in [-0.15, -0.1) is 0 Å². The summed E-state index contributed by atoms with van der Waals surface area (Å²) in [6.07, 6.45) is 2.63. The number of carbonyl (C=O) groups is 1. The number of H-pyrrole nitrogens is 1. The van der Waals surface area contributed by atoms with E-state index in [0.717, 1.165) is 73.4 Å². The van der Waals surface area contributed by atoms with E-state index >= 15 is 0 Å². The quantitative estimate of drug-likeness (QED) is 0.223. The lowest BCUT2D eigenvalue weighted by Crippen LogP contribution is -2.35. The largest absolute Gasteiger partial charge is 0.494 e. The third-order valence-corrected chi connectivity index (χ3v) is 7.07. The highest BCUT2D eigenvalue weighted by molar-refractivity contribution is 6.31. The molecular weight excluding hydrogens is 518 g/mol. The minimum Gasteiger partial charge on any atom is -0.494 e. The molecule has 4 rings (SSSR count). The Morgan fingerprint density at radius 3 is 2.44 bits per heavy atom. The minimum atomic E-state index is -0.190. The molecule has 0 saturated heterocycles. The number of nitrogens with zero attached hydrogens (tertiary/aromatic N) is 2. The van der Waals surface area contributed by atoms with Gasteiger partial charge in [0.05, 0.1) is 25.9 Å². The average Bonchev–Trinajstić information content (AvgIpc) is 3.33. The van der Waals surface area contributed by atoms with Crippen molar-refractivity contribution in [2.45, 2.75) is 25.8 Å². The maximum atomic E-state index is 12.0. The molecule has 2 heterocycles. The van der Waals surface area contributed by atoms with Gasteiger partial charge in [0.2, 0.25) is 6.41 Å². The van der Waals surface area contributed by atoms with Crippen molar-refractivity contribution < 1.29 is 23.7 Å². The van der Waals surface area contributed by atoms with Crippen LogP contribution in [-0.4, -0.2) is 95.1 Å². The van der Waals surface area contributed by atoms with Crippen LogP contribution >= 0.6 is 11.6 Å². The second-order valence-corrected chi connectivity index (χ2v) is 9.82. The van der Waals surface area contributed by atoms with E-state index < -0.39 is 0 Å². The third kappa shape index (κ3) is 8.68. The summed E-state index contributed by atoms with van der Waals surface area (Å²) in [4.78, 5) is 19.7. The Morgan fingerprint density at radius 2 is 1.77 bits per heavy atom. The summed E-state index contributed by atoms with van der Waals surface area (Å²) in [7, 11) is 5.12. The van der Waals surface area contributed by atoms with Crippen LogP contribution in [0.5, 0.6) is 5.75 Å². The van der Waals surface area contributed by atoms with Gasteiger partial charge >= 0.3 is 0 Å². The molecule has 3 aromatic rings. The maximum Gasteiger partial charge on any atom is 0.210 e. The van der Waals surface area contributed by atoms with Crippen molar-refractivity contribution in [2.75, 3.05) is 73.9 Å². The van der Waals surface area contributed by atoms with Crippen molar-refractivity contribution in [1.82, 2.24) is 14.8 Å². The smallest absolute Gasteiger partial charge is 0.210 e. The summed E-state index contributed by atoms with van der Waals surface area (Å²) in [6.45, 7) is 8.09. The molecule has 0 fully saturated rings. The number of hydrogen-bond acceptors (Lipinski definition) is 6. The van der Waals surface area contributed by atoms with Crippen molar-refractivity contribution in [3.63, 3.8) is 0 Å². The fourth-order valence-corrected chi connectivity index (χ4v) is 4.95. The molecule has 0 spiro atoms. The molecule has 0 aliphatic carbocycles. The molecule has 1 unspecified atom stereocenters. The lowest BCUT2D eigenvalue weighted by Gasteiger charge is -2.33. The summed E-state index contributed by atoms with van der Waals surface area (Å²) >= 11 is 6.27. The van der Waals surface area contributed by atoms with E-state index in [4.69, 9.17) is 25.8 Å². The summed E-state index contributed by atoms with van der Waals surface area (Å²) in [5.41, 5.74) is 4.33. The molecule has 214 valence electrons. The Morgan fingerprint density at radius 1 is 1.03 bits per heavy atom. The van der Waals surface area contributed by atoms with Crippen LogP contribution in [0, 0.1) is 0 Å². The molecule has 1 N–H and O–H groups in total. The number of aromatic nitrogens is 1. The zero-order valence-electron chi connectivity index (χ0n) is 23.6. The van der Waals surface area contributed by atoms with Crippen molar-refractivity contribution in [1.29, 1.82) is 0 Å². The van der Waals surface area contributed by atoms with Crippen LogP contribution in [-0.2, 0) is 25.4 Å². The molecule has 2 aromatic carbocycles. The number of nitrogens with one attached hydrogen (secondary N) is 1. The first kappa shape index (κ1) is 30.9. The van der Waals surface area contributed by atoms with Gasteiger partial charge in [-0.3, -0.25) is 9.69 Å². The predicted molar refractivity (Wildman–Crippen MR) is 156 cm³/mol. The lowest BCUT2D eigenvalue weighted by molar-refractivity contribution is -0.120. The lowest BCUT2D eigenvalue weighted by atomic mass is 9.93. The fraction of sp³-hybridized carbons (Fsp3) is 0.500. The van der Waals surface area contributed by atoms with Gasteiger partial charge in [0.25, 0.3) is 0 Å². The Labute approximate surface area is 237 Å². The zero-order chi connectivity index (χ0) is 28.0. The highest BCUT2D eigenvalue weighted by atomic mass is 35.5. The first-order valence-corrected chi connectivity index (χ1v) is 13.9. The van der Waals surface area contributed by atoms with E-state index in [-0.39, 0.29) is 6.04 Å². The molecule has 1 aliphatic heterocycles. The first-order valence-electron chi connectivity index (χ1n) is 13.5. The number of halogens is 1. The number of carbonyl (C=O) groups excluding carboxylic acids is 1. The van der Waals surface area contributed by atoms with E-state index in [9.17, 15) is 4.79 Å². The third-order valence-electron chi connectivity index (χ3n) is 6.83. The van der Waals surface area contributed by atoms with Crippen molar-refractivity contribution in [3.05, 3.63) is 64.3 Å². The number of amides is 1. The normalized spacial score (nSPS) is 14.7. The number of hydrogen-bond donors (Lipinski definition) is 1. The molecule has 9 heteroatoms. The second kappa shape index (κ2) is 16.5. The summed E-state index contributed by atoms with van der Waals surface area (Å²) in [6, 6.07) is 13.8. The van der Waals surface area contributed by atoms with Crippen molar-refractivity contribution in [3.8, 4) is 5.75 Å². The van der Waals surface area contributed by atoms with Crippen LogP contribution in [0.4, 0.5) is 0 Å². The van der Waals surface area contributed by atoms with Crippen LogP contribution in [0.15, 0.2) is 42.5 Å². The minimum absolute atomic E-state index is 0.190. The van der Waals surface area contributed by atoms with Gasteiger partial charge in [0.1, 0.15) is 5.75 Å². The number of aromatic amines is 1. The molecule has 1 aliphatic rings. The van der Waals surface area contributed by atoms with Crippen LogP contribution in [0.3, 0.4) is 0 Å². The molecule has 0 radical (unpaired) electrons. The SMILES string of the molecule is CCOC.COCCN(CCCOc1cccc(C2c3[nH]c4ccc(Cl)cc4c3CCN2C=O)c1)CCOC. The highest BCUT2D eigenvalue weighted by Gasteiger charge is 2.31. The zero-order valence-corrected chi connectivity index (χ0v) is 24.3. The van der Waals surface area contributed by atoms with Crippen LogP contribution in [0.2, 0.25) is 5.02 Å². The summed E-state index contributed by atoms with van der Waals surface area (Å²) in [5.74, 6) is 0.806. The topological polar surface area (TPSA) is 76.3 Å². The Kier molecular flexibility index (Phi) is 13.1. The van der Waals surface area contributed by atoms with Gasteiger partial charge in [-0.25, -0.2) is 0 Å². The number of rotatable bonds is 14. The number of methoxy groups -OCH3 is 3. The molecule has 8 nitrogen and oxygen atoms in total. The van der Waals surface area contributed by atoms with Crippen LogP contribution < -0.4 is 4.74 Å². The molecular formula is C30H42ClN3O5. The fourth-order valence-electron chi connectivity index (χ4n) is 4.78. The Hall–Kier alpha value is -2.62. The molecule has 0 bridgehead atoms. The van der Waals surface area contributed by atoms with E-state index in [1.165, 1.54) is 5.56 Å². The van der Waals surface area contributed by atoms with E-state index in [1.54, 1.807) is 21.3 Å². The number of benzene rings is 2. The van der Waals surface area contributed by atoms with E-state index in [1.807, 2.05) is 48.2 Å². The first-order chi connectivity index (χ1) is 19.1. The van der Waals surface area contributed by atoms with Crippen molar-refractivity contribution in [2.24, 2.45) is 0 Å². The van der Waals surface area contributed by atoms with Gasteiger partial charge in [0.15, 0.2) is 0 Å². The van der Waals surface area contributed by atoms with Gasteiger partial charge in [-0.05, 0) is 61.2 Å². The standard InChI is InChI=1S/C27H34ClN3O4.C3H8O/c1-33-15-12-30(13-16-34-2)10-4-14-35-22-6-3-5-20(17-22)27-26-23(9-11-31(27)19-32)24-18-21(28)7-8-25(24)29-26;1-3-4-2/h3,5-8,17-19,27,29H,4,9-16H2,1-2H3;3H2,1-2H3. The van der Waals surface area contributed by atoms with Gasteiger partial charge < -0.3 is 28.8 Å². The molecule has 39 heavy (non-hydrogen) atoms. The van der Waals surface area contributed by atoms with Gasteiger partial charge in [-0.2, -0.15) is 0 Å². The van der Waals surface area contributed by atoms with Crippen LogP contribution in [0.25, 0.3) is 10.9 Å². The molecule has 1 atom stereocenters. The Bertz CT molecular complexity index is 1140. The summed E-state index contributed by atoms with van der Waals surface area (Å²) in [5, 5.41) is 1.84. The van der Waals surface area contributed by atoms with Gasteiger partial charge in [0, 0.05) is 75.7 Å². The van der Waals surface area contributed by atoms with E-state index in [2.05, 4.69) is 20.7 Å². The maximum absolute atomic E-state index is 12.0. The highest BCUT2D eigenvalue weighted by Crippen LogP contribution is 2.39. The molecule has 1 aromatic heterocycles.